The van der Waals surface area contributed by atoms with Crippen LogP contribution in [0.4, 0.5) is 4.39 Å². The molecule has 7 heteroatoms. The number of ether oxygens (including phenoxy) is 3. The maximum absolute atomic E-state index is 13.3. The minimum Gasteiger partial charge on any atom is -0.488 e. The van der Waals surface area contributed by atoms with Gasteiger partial charge in [0.15, 0.2) is 11.5 Å². The van der Waals surface area contributed by atoms with Crippen LogP contribution in [0.5, 0.6) is 17.2 Å². The van der Waals surface area contributed by atoms with Crippen LogP contribution in [0, 0.1) is 17.7 Å². The Morgan fingerprint density at radius 1 is 1.07 bits per heavy atom. The lowest BCUT2D eigenvalue weighted by Gasteiger charge is -2.35. The minimum absolute atomic E-state index is 0.225. The van der Waals surface area contributed by atoms with E-state index < -0.39 is 6.10 Å². The molecule has 1 N–H and O–H groups in total. The molecule has 2 aromatic carbocycles. The molecule has 154 valence electrons. The number of hydrogen-bond acceptors (Lipinski definition) is 5. The topological polar surface area (TPSA) is 51.2 Å². The number of aliphatic hydroxyl groups excluding tert-OH is 1. The number of hydrogen-bond donors (Lipinski definition) is 1. The second kappa shape index (κ2) is 7.67. The molecule has 2 heterocycles. The molecule has 4 atom stereocenters. The van der Waals surface area contributed by atoms with E-state index in [-0.39, 0.29) is 18.7 Å². The number of rotatable bonds is 4. The van der Waals surface area contributed by atoms with Crippen molar-refractivity contribution in [2.24, 2.45) is 11.8 Å². The zero-order chi connectivity index (χ0) is 20.0. The van der Waals surface area contributed by atoms with Gasteiger partial charge in [0, 0.05) is 30.7 Å². The predicted molar refractivity (Wildman–Crippen MR) is 106 cm³/mol. The molecule has 5 nitrogen and oxygen atoms in total. The van der Waals surface area contributed by atoms with Crippen molar-refractivity contribution in [3.05, 3.63) is 52.8 Å². The average Bonchev–Trinajstić information content (AvgIpc) is 3.30. The van der Waals surface area contributed by atoms with Crippen LogP contribution >= 0.6 is 11.6 Å². The molecule has 1 saturated carbocycles. The maximum Gasteiger partial charge on any atom is 0.231 e. The molecule has 1 aliphatic carbocycles. The second-order valence-electron chi connectivity index (χ2n) is 8.16. The second-order valence-corrected chi connectivity index (χ2v) is 8.57. The summed E-state index contributed by atoms with van der Waals surface area (Å²) in [5.74, 6) is 2.64. The largest absolute Gasteiger partial charge is 0.488 e. The van der Waals surface area contributed by atoms with Crippen molar-refractivity contribution in [3.63, 3.8) is 0 Å². The minimum atomic E-state index is -0.504. The average molecular weight is 420 g/mol. The monoisotopic (exact) mass is 419 g/mol. The molecule has 0 radical (unpaired) electrons. The molecule has 2 aromatic rings. The number of fused-ring (bicyclic) bond motifs is 2. The highest BCUT2D eigenvalue weighted by molar-refractivity contribution is 6.31. The van der Waals surface area contributed by atoms with Gasteiger partial charge < -0.3 is 19.3 Å². The number of nitrogens with zero attached hydrogens (tertiary/aromatic N) is 1. The summed E-state index contributed by atoms with van der Waals surface area (Å²) in [6.45, 7) is 2.75. The van der Waals surface area contributed by atoms with Crippen LogP contribution in [0.15, 0.2) is 36.4 Å². The number of halogens is 2. The fraction of sp³-hybridized carbons (Fsp3) is 0.455. The third kappa shape index (κ3) is 3.89. The highest BCUT2D eigenvalue weighted by Crippen LogP contribution is 2.40. The van der Waals surface area contributed by atoms with E-state index in [0.29, 0.717) is 47.1 Å². The maximum atomic E-state index is 13.3. The van der Waals surface area contributed by atoms with Gasteiger partial charge in [-0.25, -0.2) is 4.39 Å². The summed E-state index contributed by atoms with van der Waals surface area (Å²) < 4.78 is 30.1. The molecular weight excluding hydrogens is 397 g/mol. The Morgan fingerprint density at radius 3 is 2.69 bits per heavy atom. The van der Waals surface area contributed by atoms with E-state index in [1.54, 1.807) is 6.07 Å². The zero-order valence-electron chi connectivity index (χ0n) is 15.9. The van der Waals surface area contributed by atoms with Crippen LogP contribution in [0.3, 0.4) is 0 Å². The molecular formula is C22H23ClFNO4. The van der Waals surface area contributed by atoms with Gasteiger partial charge in [0.05, 0.1) is 6.10 Å². The lowest BCUT2D eigenvalue weighted by Crippen LogP contribution is -2.42. The molecule has 0 spiro atoms. The van der Waals surface area contributed by atoms with E-state index in [2.05, 4.69) is 4.90 Å². The molecule has 29 heavy (non-hydrogen) atoms. The Morgan fingerprint density at radius 2 is 1.86 bits per heavy atom. The van der Waals surface area contributed by atoms with Crippen molar-refractivity contribution in [1.82, 2.24) is 4.90 Å². The van der Waals surface area contributed by atoms with E-state index in [1.165, 1.54) is 12.1 Å². The first-order valence-electron chi connectivity index (χ1n) is 9.96. The van der Waals surface area contributed by atoms with Crippen LogP contribution < -0.4 is 14.2 Å². The van der Waals surface area contributed by atoms with E-state index in [4.69, 9.17) is 25.8 Å². The Balaban J connectivity index is 1.23. The van der Waals surface area contributed by atoms with Gasteiger partial charge >= 0.3 is 0 Å². The first kappa shape index (κ1) is 19.0. The van der Waals surface area contributed by atoms with E-state index in [9.17, 15) is 9.50 Å². The summed E-state index contributed by atoms with van der Waals surface area (Å²) in [5, 5.41) is 11.1. The highest BCUT2D eigenvalue weighted by atomic mass is 35.5. The van der Waals surface area contributed by atoms with Crippen LogP contribution in [-0.2, 0) is 6.54 Å². The third-order valence-corrected chi connectivity index (χ3v) is 6.55. The van der Waals surface area contributed by atoms with Crippen LogP contribution in [-0.4, -0.2) is 42.1 Å². The van der Waals surface area contributed by atoms with Crippen molar-refractivity contribution < 1.29 is 23.7 Å². The Kier molecular flexibility index (Phi) is 5.02. The van der Waals surface area contributed by atoms with Crippen molar-refractivity contribution in [1.29, 1.82) is 0 Å². The van der Waals surface area contributed by atoms with Gasteiger partial charge in [0.2, 0.25) is 6.79 Å². The number of likely N-dealkylation sites (tertiary alicyclic amines) is 1. The lowest BCUT2D eigenvalue weighted by molar-refractivity contribution is -0.0232. The van der Waals surface area contributed by atoms with Crippen molar-refractivity contribution in [3.8, 4) is 17.2 Å². The van der Waals surface area contributed by atoms with E-state index >= 15 is 0 Å². The van der Waals surface area contributed by atoms with Gasteiger partial charge in [0.1, 0.15) is 17.7 Å². The molecule has 0 bridgehead atoms. The Labute approximate surface area is 173 Å². The Bertz CT molecular complexity index is 910. The van der Waals surface area contributed by atoms with E-state index in [1.807, 2.05) is 18.2 Å². The number of benzene rings is 2. The SMILES string of the molecule is O[C@@H]1C[C@H]2CN(Cc3ccc(F)cc3Cl)C[C@H]2C[C@H]1Oc1ccc2c(c1)OCO2. The van der Waals surface area contributed by atoms with Crippen LogP contribution in [0.1, 0.15) is 18.4 Å². The van der Waals surface area contributed by atoms with Gasteiger partial charge in [-0.3, -0.25) is 4.90 Å². The molecule has 1 saturated heterocycles. The smallest absolute Gasteiger partial charge is 0.231 e. The summed E-state index contributed by atoms with van der Waals surface area (Å²) in [7, 11) is 0. The van der Waals surface area contributed by atoms with Gasteiger partial charge in [-0.1, -0.05) is 17.7 Å². The summed E-state index contributed by atoms with van der Waals surface area (Å²) in [4.78, 5) is 2.34. The van der Waals surface area contributed by atoms with Gasteiger partial charge in [0.25, 0.3) is 0 Å². The third-order valence-electron chi connectivity index (χ3n) is 6.20. The van der Waals surface area contributed by atoms with E-state index in [0.717, 1.165) is 25.1 Å². The van der Waals surface area contributed by atoms with Crippen molar-refractivity contribution in [2.45, 2.75) is 31.6 Å². The number of aliphatic hydroxyl groups is 1. The normalized spacial score (nSPS) is 28.4. The molecule has 0 amide bonds. The predicted octanol–water partition coefficient (Wildman–Crippen LogP) is 3.86. The first-order valence-corrected chi connectivity index (χ1v) is 10.3. The van der Waals surface area contributed by atoms with Gasteiger partial charge in [-0.05, 0) is 54.5 Å². The molecule has 0 unspecified atom stereocenters. The van der Waals surface area contributed by atoms with Crippen LogP contribution in [0.25, 0.3) is 0 Å². The first-order chi connectivity index (χ1) is 14.0. The summed E-state index contributed by atoms with van der Waals surface area (Å²) in [5.41, 5.74) is 0.931. The fourth-order valence-corrected chi connectivity index (χ4v) is 4.99. The van der Waals surface area contributed by atoms with Crippen molar-refractivity contribution in [2.75, 3.05) is 19.9 Å². The standard InChI is InChI=1S/C22H23ClFNO4/c23-18-7-16(24)2-1-13(18)9-25-10-14-5-19(26)21(6-15(14)11-25)29-17-3-4-20-22(8-17)28-12-27-20/h1-4,7-8,14-15,19,21,26H,5-6,9-12H2/t14-,15+,19+,21+/m0/s1. The fourth-order valence-electron chi connectivity index (χ4n) is 4.76. The molecule has 3 aliphatic rings. The lowest BCUT2D eigenvalue weighted by atomic mass is 9.78. The highest BCUT2D eigenvalue weighted by Gasteiger charge is 2.42. The van der Waals surface area contributed by atoms with Crippen LogP contribution in [0.2, 0.25) is 5.02 Å². The van der Waals surface area contributed by atoms with Gasteiger partial charge in [-0.15, -0.1) is 0 Å². The molecule has 5 rings (SSSR count). The summed E-state index contributed by atoms with van der Waals surface area (Å²) in [6.07, 6.45) is 0.767. The summed E-state index contributed by atoms with van der Waals surface area (Å²) >= 11 is 6.19. The molecule has 2 fully saturated rings. The molecule has 2 aliphatic heterocycles. The molecule has 0 aromatic heterocycles. The Hall–Kier alpha value is -2.02. The quantitative estimate of drug-likeness (QED) is 0.815. The summed E-state index contributed by atoms with van der Waals surface area (Å²) in [6, 6.07) is 10.1. The van der Waals surface area contributed by atoms with Gasteiger partial charge in [-0.2, -0.15) is 0 Å². The van der Waals surface area contributed by atoms with Crippen molar-refractivity contribution >= 4 is 11.6 Å². The zero-order valence-corrected chi connectivity index (χ0v) is 16.6.